The van der Waals surface area contributed by atoms with Crippen LogP contribution in [-0.2, 0) is 18.9 Å². The monoisotopic (exact) mass is 554 g/mol. The summed E-state index contributed by atoms with van der Waals surface area (Å²) in [4.78, 5) is 50.2. The molecule has 214 valence electrons. The van der Waals surface area contributed by atoms with Gasteiger partial charge >= 0.3 is 0 Å². The first kappa shape index (κ1) is 29.2. The van der Waals surface area contributed by atoms with Crippen molar-refractivity contribution in [3.05, 3.63) is 58.7 Å². The van der Waals surface area contributed by atoms with Crippen molar-refractivity contribution >= 4 is 35.0 Å². The Morgan fingerprint density at radius 3 is 1.20 bits per heavy atom. The first-order chi connectivity index (χ1) is 19.4. The summed E-state index contributed by atoms with van der Waals surface area (Å²) in [6.07, 6.45) is 0. The van der Waals surface area contributed by atoms with Crippen LogP contribution < -0.4 is 10.6 Å². The number of nitrogens with zero attached hydrogens (tertiary/aromatic N) is 2. The highest BCUT2D eigenvalue weighted by molar-refractivity contribution is 6.22. The normalized spacial score (nSPS) is 14.2. The van der Waals surface area contributed by atoms with E-state index in [0.717, 1.165) is 21.2 Å². The van der Waals surface area contributed by atoms with Gasteiger partial charge in [0.1, 0.15) is 0 Å². The molecule has 0 unspecified atom stereocenters. The van der Waals surface area contributed by atoms with Crippen LogP contribution in [0.15, 0.2) is 36.4 Å². The SMILES string of the molecule is CN1C(=O)c2ccc(NCCOCCOCCOCCOCCNc3ccc4c(c3)C(=O)N(C)C4=O)cc2C1=O. The number of fused-ring (bicyclic) bond motifs is 2. The van der Waals surface area contributed by atoms with E-state index in [2.05, 4.69) is 10.6 Å². The summed E-state index contributed by atoms with van der Waals surface area (Å²) in [5, 5.41) is 6.36. The number of imide groups is 2. The summed E-state index contributed by atoms with van der Waals surface area (Å²) < 4.78 is 22.0. The smallest absolute Gasteiger partial charge is 0.261 e. The Kier molecular flexibility index (Phi) is 10.2. The molecule has 0 spiro atoms. The van der Waals surface area contributed by atoms with Crippen LogP contribution in [0.25, 0.3) is 0 Å². The van der Waals surface area contributed by atoms with Gasteiger partial charge in [-0.1, -0.05) is 0 Å². The van der Waals surface area contributed by atoms with Gasteiger partial charge in [0.2, 0.25) is 0 Å². The van der Waals surface area contributed by atoms with Crippen LogP contribution in [0.3, 0.4) is 0 Å². The third-order valence-electron chi connectivity index (χ3n) is 6.45. The average Bonchev–Trinajstić information content (AvgIpc) is 3.31. The lowest BCUT2D eigenvalue weighted by Gasteiger charge is -2.10. The van der Waals surface area contributed by atoms with Gasteiger partial charge in [-0.25, -0.2) is 0 Å². The van der Waals surface area contributed by atoms with E-state index in [4.69, 9.17) is 18.9 Å². The second kappa shape index (κ2) is 14.0. The van der Waals surface area contributed by atoms with Crippen molar-refractivity contribution in [3.8, 4) is 0 Å². The fourth-order valence-corrected chi connectivity index (χ4v) is 4.24. The molecule has 0 atom stereocenters. The number of hydrogen-bond acceptors (Lipinski definition) is 10. The van der Waals surface area contributed by atoms with Gasteiger partial charge in [0.25, 0.3) is 23.6 Å². The number of amides is 4. The van der Waals surface area contributed by atoms with E-state index in [9.17, 15) is 19.2 Å². The lowest BCUT2D eigenvalue weighted by atomic mass is 10.1. The van der Waals surface area contributed by atoms with E-state index in [-0.39, 0.29) is 23.6 Å². The molecular formula is C28H34N4O8. The molecule has 0 fully saturated rings. The minimum atomic E-state index is -0.290. The van der Waals surface area contributed by atoms with Crippen molar-refractivity contribution in [1.29, 1.82) is 0 Å². The van der Waals surface area contributed by atoms with Crippen molar-refractivity contribution in [3.63, 3.8) is 0 Å². The highest BCUT2D eigenvalue weighted by Crippen LogP contribution is 2.25. The van der Waals surface area contributed by atoms with Crippen molar-refractivity contribution in [2.75, 3.05) is 90.7 Å². The molecule has 2 aliphatic heterocycles. The highest BCUT2D eigenvalue weighted by Gasteiger charge is 2.33. The molecule has 12 nitrogen and oxygen atoms in total. The van der Waals surface area contributed by atoms with Crippen molar-refractivity contribution in [2.45, 2.75) is 0 Å². The molecule has 0 aromatic heterocycles. The molecule has 12 heteroatoms. The fraction of sp³-hybridized carbons (Fsp3) is 0.429. The lowest BCUT2D eigenvalue weighted by molar-refractivity contribution is 0.000299. The maximum absolute atomic E-state index is 12.1. The highest BCUT2D eigenvalue weighted by atomic mass is 16.6. The summed E-state index contributed by atoms with van der Waals surface area (Å²) in [6, 6.07) is 10.2. The summed E-state index contributed by atoms with van der Waals surface area (Å²) >= 11 is 0. The number of rotatable bonds is 17. The molecule has 2 aromatic carbocycles. The molecule has 0 saturated carbocycles. The third kappa shape index (κ3) is 7.02. The maximum Gasteiger partial charge on any atom is 0.261 e. The number of ether oxygens (including phenoxy) is 4. The van der Waals surface area contributed by atoms with Gasteiger partial charge in [-0.15, -0.1) is 0 Å². The van der Waals surface area contributed by atoms with E-state index < -0.39 is 0 Å². The number of nitrogens with one attached hydrogen (secondary N) is 2. The summed E-state index contributed by atoms with van der Waals surface area (Å²) in [5.74, 6) is -1.14. The van der Waals surface area contributed by atoms with E-state index >= 15 is 0 Å². The van der Waals surface area contributed by atoms with Gasteiger partial charge in [-0.05, 0) is 36.4 Å². The molecule has 4 amide bonds. The van der Waals surface area contributed by atoms with Crippen LogP contribution in [0.1, 0.15) is 41.4 Å². The Hall–Kier alpha value is -3.84. The lowest BCUT2D eigenvalue weighted by Crippen LogP contribution is -2.24. The van der Waals surface area contributed by atoms with Gasteiger partial charge in [0, 0.05) is 38.6 Å². The Morgan fingerprint density at radius 1 is 0.500 bits per heavy atom. The number of carbonyl (C=O) groups excluding carboxylic acids is 4. The number of carbonyl (C=O) groups is 4. The summed E-state index contributed by atoms with van der Waals surface area (Å²) in [7, 11) is 2.95. The van der Waals surface area contributed by atoms with Crippen molar-refractivity contribution < 1.29 is 38.1 Å². The maximum atomic E-state index is 12.1. The summed E-state index contributed by atoms with van der Waals surface area (Å²) in [6.45, 7) is 4.76. The largest absolute Gasteiger partial charge is 0.383 e. The van der Waals surface area contributed by atoms with Crippen molar-refractivity contribution in [1.82, 2.24) is 9.80 Å². The third-order valence-corrected chi connectivity index (χ3v) is 6.45. The molecule has 40 heavy (non-hydrogen) atoms. The Balaban J connectivity index is 0.936. The second-order valence-electron chi connectivity index (χ2n) is 9.16. The summed E-state index contributed by atoms with van der Waals surface area (Å²) in [5.41, 5.74) is 3.20. The van der Waals surface area contributed by atoms with Crippen LogP contribution in [0.4, 0.5) is 11.4 Å². The quantitative estimate of drug-likeness (QED) is 0.220. The van der Waals surface area contributed by atoms with Gasteiger partial charge in [0.15, 0.2) is 0 Å². The zero-order valence-electron chi connectivity index (χ0n) is 22.7. The Morgan fingerprint density at radius 2 is 0.825 bits per heavy atom. The molecule has 0 saturated heterocycles. The average molecular weight is 555 g/mol. The van der Waals surface area contributed by atoms with Gasteiger partial charge < -0.3 is 29.6 Å². The van der Waals surface area contributed by atoms with Gasteiger partial charge in [-0.2, -0.15) is 0 Å². The number of hydrogen-bond donors (Lipinski definition) is 2. The van der Waals surface area contributed by atoms with Crippen LogP contribution in [0, 0.1) is 0 Å². The zero-order valence-corrected chi connectivity index (χ0v) is 22.7. The standard InChI is InChI=1S/C28H34N4O8/c1-31-25(33)21-5-3-19(17-23(21)27(31)35)29-7-9-37-11-13-39-15-16-40-14-12-38-10-8-30-20-4-6-22-24(18-20)28(36)32(2)26(22)34/h3-6,17-18,29-30H,7-16H2,1-2H3. The fourth-order valence-electron chi connectivity index (χ4n) is 4.24. The molecule has 0 bridgehead atoms. The predicted molar refractivity (Wildman–Crippen MR) is 146 cm³/mol. The topological polar surface area (TPSA) is 136 Å². The van der Waals surface area contributed by atoms with Crippen LogP contribution in [0.5, 0.6) is 0 Å². The second-order valence-corrected chi connectivity index (χ2v) is 9.16. The zero-order chi connectivity index (χ0) is 28.5. The van der Waals surface area contributed by atoms with Crippen LogP contribution >= 0.6 is 0 Å². The Labute approximate surface area is 232 Å². The van der Waals surface area contributed by atoms with E-state index in [1.807, 2.05) is 0 Å². The van der Waals surface area contributed by atoms with E-state index in [1.165, 1.54) is 14.1 Å². The minimum Gasteiger partial charge on any atom is -0.383 e. The minimum absolute atomic E-state index is 0.278. The van der Waals surface area contributed by atoms with Gasteiger partial charge in [0.05, 0.1) is 75.1 Å². The van der Waals surface area contributed by atoms with Gasteiger partial charge in [-0.3, -0.25) is 29.0 Å². The Bertz CT molecular complexity index is 1160. The van der Waals surface area contributed by atoms with E-state index in [0.29, 0.717) is 88.2 Å². The van der Waals surface area contributed by atoms with Crippen molar-refractivity contribution in [2.24, 2.45) is 0 Å². The molecular weight excluding hydrogens is 520 g/mol. The predicted octanol–water partition coefficient (Wildman–Crippen LogP) is 1.73. The molecule has 2 aliphatic rings. The molecule has 2 heterocycles. The van der Waals surface area contributed by atoms with Crippen LogP contribution in [-0.4, -0.2) is 113 Å². The molecule has 2 N–H and O–H groups in total. The molecule has 0 aliphatic carbocycles. The molecule has 0 radical (unpaired) electrons. The van der Waals surface area contributed by atoms with E-state index in [1.54, 1.807) is 36.4 Å². The first-order valence-corrected chi connectivity index (χ1v) is 13.1. The number of anilines is 2. The number of benzene rings is 2. The van der Waals surface area contributed by atoms with Crippen LogP contribution in [0.2, 0.25) is 0 Å². The first-order valence-electron chi connectivity index (χ1n) is 13.1. The molecule has 4 rings (SSSR count). The molecule has 2 aromatic rings.